The molecule has 0 amide bonds. The number of hydrogen-bond donors (Lipinski definition) is 0. The van der Waals surface area contributed by atoms with E-state index in [4.69, 9.17) is 0 Å². The molecule has 0 N–H and O–H groups in total. The molecule has 8 rings (SSSR count). The number of rotatable bonds is 7. The quantitative estimate of drug-likeness (QED) is 0.155. The first kappa shape index (κ1) is 47.5. The standard InChI is InChI=1S/C28H25N.2C16H18.C2H6/c1-20-17-21(2)19-25(18-20)28(26-11-7-8-12-27(26)29-3)24-15-13-23(14-16-24)22-9-5-4-6-10-22;2*1-13-8-6-7-11-16(13)12-14(2)15-9-4-3-5-10-15;1-2/h4-19H,1-3H3;4,6-12H,3,5H2,1-2H3;3-6,8-10,12H,7,11H2,1-2H3;1-2H3/b28-26-,29-27?;2*14-12+;. The van der Waals surface area contributed by atoms with Crippen molar-refractivity contribution in [3.8, 4) is 11.1 Å². The van der Waals surface area contributed by atoms with Crippen molar-refractivity contribution in [2.75, 3.05) is 7.05 Å². The molecule has 0 saturated carbocycles. The highest BCUT2D eigenvalue weighted by Crippen LogP contribution is 2.33. The van der Waals surface area contributed by atoms with Crippen molar-refractivity contribution in [1.29, 1.82) is 0 Å². The second kappa shape index (κ2) is 24.8. The number of allylic oxidation sites excluding steroid dienone is 16. The van der Waals surface area contributed by atoms with Gasteiger partial charge < -0.3 is 0 Å². The monoisotopic (exact) mass is 826 g/mol. The van der Waals surface area contributed by atoms with E-state index in [0.717, 1.165) is 11.3 Å². The summed E-state index contributed by atoms with van der Waals surface area (Å²) in [5.74, 6) is 0. The van der Waals surface area contributed by atoms with Gasteiger partial charge in [0.25, 0.3) is 0 Å². The van der Waals surface area contributed by atoms with Gasteiger partial charge in [0, 0.05) is 12.6 Å². The molecule has 5 aromatic carbocycles. The fourth-order valence-electron chi connectivity index (χ4n) is 7.94. The van der Waals surface area contributed by atoms with Gasteiger partial charge in [0.15, 0.2) is 0 Å². The van der Waals surface area contributed by atoms with Crippen LogP contribution in [0.5, 0.6) is 0 Å². The molecule has 5 aromatic rings. The van der Waals surface area contributed by atoms with Gasteiger partial charge in [0.05, 0.1) is 5.71 Å². The average Bonchev–Trinajstić information content (AvgIpc) is 3.32. The maximum atomic E-state index is 4.53. The molecule has 0 bridgehead atoms. The number of aryl methyl sites for hydroxylation is 3. The minimum Gasteiger partial charge on any atom is -0.288 e. The zero-order chi connectivity index (χ0) is 45.0. The summed E-state index contributed by atoms with van der Waals surface area (Å²) in [5.41, 5.74) is 21.7. The highest BCUT2D eigenvalue weighted by Gasteiger charge is 2.16. The molecule has 0 radical (unpaired) electrons. The summed E-state index contributed by atoms with van der Waals surface area (Å²) < 4.78 is 0. The first-order chi connectivity index (χ1) is 30.7. The lowest BCUT2D eigenvalue weighted by Gasteiger charge is -2.17. The number of hydrogen-bond acceptors (Lipinski definition) is 1. The Labute approximate surface area is 380 Å². The molecule has 3 aliphatic carbocycles. The molecule has 3 aliphatic rings. The van der Waals surface area contributed by atoms with E-state index in [1.165, 1.54) is 109 Å². The lowest BCUT2D eigenvalue weighted by atomic mass is 9.87. The third-order valence-corrected chi connectivity index (χ3v) is 11.3. The van der Waals surface area contributed by atoms with Gasteiger partial charge in [-0.1, -0.05) is 213 Å². The third-order valence-electron chi connectivity index (χ3n) is 11.3. The van der Waals surface area contributed by atoms with E-state index in [1.54, 1.807) is 0 Å². The molecule has 0 fully saturated rings. The van der Waals surface area contributed by atoms with E-state index < -0.39 is 0 Å². The largest absolute Gasteiger partial charge is 0.288 e. The highest BCUT2D eigenvalue weighted by molar-refractivity contribution is 6.17. The van der Waals surface area contributed by atoms with Crippen molar-refractivity contribution in [3.05, 3.63) is 255 Å². The smallest absolute Gasteiger partial charge is 0.0649 e. The molecule has 0 heterocycles. The molecule has 320 valence electrons. The van der Waals surface area contributed by atoms with Crippen LogP contribution in [0.15, 0.2) is 221 Å². The second-order valence-corrected chi connectivity index (χ2v) is 16.1. The summed E-state index contributed by atoms with van der Waals surface area (Å²) in [6.45, 7) is 17.0. The Morgan fingerprint density at radius 2 is 1.16 bits per heavy atom. The number of aliphatic imine (C=N–C) groups is 1. The van der Waals surface area contributed by atoms with Gasteiger partial charge in [0.1, 0.15) is 0 Å². The van der Waals surface area contributed by atoms with Crippen LogP contribution in [0.2, 0.25) is 0 Å². The van der Waals surface area contributed by atoms with E-state index in [9.17, 15) is 0 Å². The zero-order valence-corrected chi connectivity index (χ0v) is 39.3. The molecule has 63 heavy (non-hydrogen) atoms. The van der Waals surface area contributed by atoms with Crippen LogP contribution in [-0.2, 0) is 0 Å². The Balaban J connectivity index is 0.000000188. The summed E-state index contributed by atoms with van der Waals surface area (Å²) in [6.07, 6.45) is 29.0. The van der Waals surface area contributed by atoms with Crippen LogP contribution in [0, 0.1) is 20.8 Å². The molecule has 1 nitrogen and oxygen atoms in total. The van der Waals surface area contributed by atoms with E-state index in [0.29, 0.717) is 0 Å². The first-order valence-corrected chi connectivity index (χ1v) is 22.7. The molecule has 0 spiro atoms. The molecule has 1 heteroatoms. The van der Waals surface area contributed by atoms with E-state index in [2.05, 4.69) is 235 Å². The Morgan fingerprint density at radius 3 is 1.79 bits per heavy atom. The maximum Gasteiger partial charge on any atom is 0.0649 e. The van der Waals surface area contributed by atoms with E-state index >= 15 is 0 Å². The molecule has 0 atom stereocenters. The normalized spacial score (nSPS) is 16.0. The van der Waals surface area contributed by atoms with Gasteiger partial charge in [-0.2, -0.15) is 0 Å². The van der Waals surface area contributed by atoms with Crippen LogP contribution >= 0.6 is 0 Å². The van der Waals surface area contributed by atoms with Gasteiger partial charge in [-0.3, -0.25) is 4.99 Å². The van der Waals surface area contributed by atoms with Crippen LogP contribution in [0.25, 0.3) is 28.3 Å². The van der Waals surface area contributed by atoms with Crippen LogP contribution in [0.1, 0.15) is 99.2 Å². The molecule has 0 aromatic heterocycles. The third kappa shape index (κ3) is 14.0. The number of benzene rings is 5. The lowest BCUT2D eigenvalue weighted by Crippen LogP contribution is -2.05. The van der Waals surface area contributed by atoms with E-state index in [-0.39, 0.29) is 0 Å². The zero-order valence-electron chi connectivity index (χ0n) is 39.3. The summed E-state index contributed by atoms with van der Waals surface area (Å²) in [6, 6.07) is 45.2. The molecular weight excluding hydrogens is 759 g/mol. The summed E-state index contributed by atoms with van der Waals surface area (Å²) >= 11 is 0. The van der Waals surface area contributed by atoms with Crippen molar-refractivity contribution in [3.63, 3.8) is 0 Å². The fourth-order valence-corrected chi connectivity index (χ4v) is 7.94. The second-order valence-electron chi connectivity index (χ2n) is 16.1. The first-order valence-electron chi connectivity index (χ1n) is 22.7. The predicted molar refractivity (Wildman–Crippen MR) is 279 cm³/mol. The Morgan fingerprint density at radius 1 is 0.540 bits per heavy atom. The molecule has 0 unspecified atom stereocenters. The van der Waals surface area contributed by atoms with E-state index in [1.807, 2.05) is 27.0 Å². The van der Waals surface area contributed by atoms with Crippen LogP contribution < -0.4 is 0 Å². The Kier molecular flexibility index (Phi) is 18.7. The Bertz CT molecular complexity index is 2570. The highest BCUT2D eigenvalue weighted by atomic mass is 14.7. The van der Waals surface area contributed by atoms with Crippen LogP contribution in [0.4, 0.5) is 0 Å². The summed E-state index contributed by atoms with van der Waals surface area (Å²) in [4.78, 5) is 4.53. The van der Waals surface area contributed by atoms with Crippen molar-refractivity contribution in [2.24, 2.45) is 4.99 Å². The maximum absolute atomic E-state index is 4.53. The topological polar surface area (TPSA) is 12.4 Å². The average molecular weight is 826 g/mol. The van der Waals surface area contributed by atoms with Gasteiger partial charge in [-0.05, 0) is 146 Å². The van der Waals surface area contributed by atoms with Crippen molar-refractivity contribution < 1.29 is 0 Å². The van der Waals surface area contributed by atoms with Gasteiger partial charge in [0.2, 0.25) is 0 Å². The van der Waals surface area contributed by atoms with Crippen molar-refractivity contribution in [1.82, 2.24) is 0 Å². The van der Waals surface area contributed by atoms with Crippen LogP contribution in [-0.4, -0.2) is 12.8 Å². The number of nitrogens with zero attached hydrogens (tertiary/aromatic N) is 1. The minimum atomic E-state index is 1.01. The minimum absolute atomic E-state index is 1.01. The molecule has 0 aliphatic heterocycles. The predicted octanol–water partition coefficient (Wildman–Crippen LogP) is 17.4. The SMILES string of the molecule is C/C(=C\c1ccccc1C)C1=CCCC=C1.CC.CC1=C(/C=C(\C)c2ccccc2)CCC=C1.CN=C1C=CC=C/C1=C(\c1ccc(-c2ccccc2)cc1)c1cc(C)cc(C)c1. The van der Waals surface area contributed by atoms with Gasteiger partial charge >= 0.3 is 0 Å². The van der Waals surface area contributed by atoms with Gasteiger partial charge in [-0.25, -0.2) is 0 Å². The fraction of sp³-hybridized carbons (Fsp3) is 0.210. The molecular formula is C62H67N. The summed E-state index contributed by atoms with van der Waals surface area (Å²) in [5, 5.41) is 0. The summed E-state index contributed by atoms with van der Waals surface area (Å²) in [7, 11) is 1.86. The molecule has 0 saturated heterocycles. The van der Waals surface area contributed by atoms with Crippen molar-refractivity contribution >= 4 is 22.9 Å². The lowest BCUT2D eigenvalue weighted by molar-refractivity contribution is 0.969. The van der Waals surface area contributed by atoms with Crippen molar-refractivity contribution in [2.45, 2.75) is 81.1 Å². The van der Waals surface area contributed by atoms with Crippen LogP contribution in [0.3, 0.4) is 0 Å². The Hall–Kier alpha value is -6.57. The van der Waals surface area contributed by atoms with Gasteiger partial charge in [-0.15, -0.1) is 0 Å².